The van der Waals surface area contributed by atoms with Crippen LogP contribution in [0.4, 0.5) is 5.69 Å². The van der Waals surface area contributed by atoms with Crippen LogP contribution in [0.25, 0.3) is 0 Å². The van der Waals surface area contributed by atoms with E-state index in [1.54, 1.807) is 36.4 Å². The molecule has 3 aromatic rings. The Morgan fingerprint density at radius 1 is 0.976 bits per heavy atom. The molecule has 2 N–H and O–H groups in total. The Hall–Kier alpha value is -4.22. The van der Waals surface area contributed by atoms with Gasteiger partial charge in [-0.2, -0.15) is 0 Å². The number of carbonyl (C=O) groups excluding carboxylic acids is 3. The predicted octanol–water partition coefficient (Wildman–Crippen LogP) is 3.49. The maximum absolute atomic E-state index is 13.9. The van der Waals surface area contributed by atoms with Crippen molar-refractivity contribution in [3.63, 3.8) is 0 Å². The summed E-state index contributed by atoms with van der Waals surface area (Å²) in [6, 6.07) is 16.9. The summed E-state index contributed by atoms with van der Waals surface area (Å²) in [7, 11) is -0.915. The Morgan fingerprint density at radius 3 is 2.17 bits per heavy atom. The number of hydrogen-bond donors (Lipinski definition) is 1. The minimum atomic E-state index is -3.85. The van der Waals surface area contributed by atoms with Gasteiger partial charge in [-0.1, -0.05) is 38.1 Å². The SMILES string of the molecule is COc1ccc(C(=O)N(CCc2ccc(S(N)(=O)=O)cc2)C2CC(=O)N(c3ccc(C(C)C)cc3)C2=O)cc1OC. The third kappa shape index (κ3) is 6.41. The molecule has 1 unspecified atom stereocenters. The molecule has 4 rings (SSSR count). The number of methoxy groups -OCH3 is 2. The van der Waals surface area contributed by atoms with Gasteiger partial charge in [0.05, 0.1) is 31.2 Å². The number of amides is 3. The fourth-order valence-electron chi connectivity index (χ4n) is 4.77. The smallest absolute Gasteiger partial charge is 0.257 e. The van der Waals surface area contributed by atoms with Crippen molar-refractivity contribution < 1.29 is 32.3 Å². The second kappa shape index (κ2) is 12.1. The first-order valence-electron chi connectivity index (χ1n) is 13.1. The van der Waals surface area contributed by atoms with Crippen molar-refractivity contribution >= 4 is 33.4 Å². The number of rotatable bonds is 10. The first-order valence-corrected chi connectivity index (χ1v) is 14.6. The molecule has 0 radical (unpaired) electrons. The van der Waals surface area contributed by atoms with E-state index >= 15 is 0 Å². The van der Waals surface area contributed by atoms with Crippen LogP contribution in [0.2, 0.25) is 0 Å². The summed E-state index contributed by atoms with van der Waals surface area (Å²) in [6.07, 6.45) is 0.124. The predicted molar refractivity (Wildman–Crippen MR) is 154 cm³/mol. The van der Waals surface area contributed by atoms with E-state index < -0.39 is 33.8 Å². The van der Waals surface area contributed by atoms with Gasteiger partial charge in [-0.15, -0.1) is 0 Å². The summed E-state index contributed by atoms with van der Waals surface area (Å²) in [5, 5.41) is 5.20. The monoisotopic (exact) mass is 579 g/mol. The summed E-state index contributed by atoms with van der Waals surface area (Å²) in [5.74, 6) is -0.289. The number of carbonyl (C=O) groups is 3. The summed E-state index contributed by atoms with van der Waals surface area (Å²) >= 11 is 0. The molecule has 1 heterocycles. The lowest BCUT2D eigenvalue weighted by Gasteiger charge is -2.28. The van der Waals surface area contributed by atoms with Crippen LogP contribution in [0.1, 0.15) is 47.7 Å². The highest BCUT2D eigenvalue weighted by Gasteiger charge is 2.44. The van der Waals surface area contributed by atoms with E-state index in [0.29, 0.717) is 23.6 Å². The highest BCUT2D eigenvalue weighted by atomic mass is 32.2. The minimum Gasteiger partial charge on any atom is -0.493 e. The molecule has 1 aliphatic rings. The van der Waals surface area contributed by atoms with Gasteiger partial charge in [0.1, 0.15) is 6.04 Å². The molecular weight excluding hydrogens is 546 g/mol. The van der Waals surface area contributed by atoms with E-state index in [0.717, 1.165) is 16.0 Å². The number of nitrogens with zero attached hydrogens (tertiary/aromatic N) is 2. The number of hydrogen-bond acceptors (Lipinski definition) is 7. The highest BCUT2D eigenvalue weighted by molar-refractivity contribution is 7.89. The van der Waals surface area contributed by atoms with Crippen LogP contribution in [0.3, 0.4) is 0 Å². The van der Waals surface area contributed by atoms with Crippen LogP contribution >= 0.6 is 0 Å². The van der Waals surface area contributed by atoms with Crippen LogP contribution in [-0.4, -0.2) is 57.8 Å². The fraction of sp³-hybridized carbons (Fsp3) is 0.300. The zero-order valence-corrected chi connectivity index (χ0v) is 24.2. The Balaban J connectivity index is 1.65. The normalized spacial score (nSPS) is 15.4. The Kier molecular flexibility index (Phi) is 8.79. The van der Waals surface area contributed by atoms with E-state index in [2.05, 4.69) is 13.8 Å². The van der Waals surface area contributed by atoms with Crippen LogP contribution in [-0.2, 0) is 26.0 Å². The lowest BCUT2D eigenvalue weighted by molar-refractivity contribution is -0.122. The van der Waals surface area contributed by atoms with Crippen LogP contribution in [0, 0.1) is 0 Å². The number of imide groups is 1. The molecule has 1 saturated heterocycles. The number of anilines is 1. The van der Waals surface area contributed by atoms with E-state index in [1.807, 2.05) is 12.1 Å². The van der Waals surface area contributed by atoms with E-state index in [4.69, 9.17) is 14.6 Å². The van der Waals surface area contributed by atoms with Crippen LogP contribution in [0.5, 0.6) is 11.5 Å². The van der Waals surface area contributed by atoms with Crippen molar-refractivity contribution in [1.82, 2.24) is 4.90 Å². The number of primary sulfonamides is 1. The number of nitrogens with two attached hydrogens (primary N) is 1. The lowest BCUT2D eigenvalue weighted by atomic mass is 10.0. The van der Waals surface area contributed by atoms with Gasteiger partial charge in [-0.25, -0.2) is 18.5 Å². The maximum atomic E-state index is 13.9. The van der Waals surface area contributed by atoms with Crippen molar-refractivity contribution in [3.8, 4) is 11.5 Å². The summed E-state index contributed by atoms with van der Waals surface area (Å²) in [4.78, 5) is 43.2. The van der Waals surface area contributed by atoms with Crippen LogP contribution in [0.15, 0.2) is 71.6 Å². The molecule has 0 spiro atoms. The average molecular weight is 580 g/mol. The molecule has 1 fully saturated rings. The third-order valence-corrected chi connectivity index (χ3v) is 8.03. The zero-order valence-electron chi connectivity index (χ0n) is 23.4. The number of ether oxygens (including phenoxy) is 2. The first kappa shape index (κ1) is 29.8. The molecule has 0 aliphatic carbocycles. The van der Waals surface area contributed by atoms with Gasteiger partial charge in [0.2, 0.25) is 15.9 Å². The van der Waals surface area contributed by atoms with Crippen molar-refractivity contribution in [1.29, 1.82) is 0 Å². The maximum Gasteiger partial charge on any atom is 0.257 e. The third-order valence-electron chi connectivity index (χ3n) is 7.10. The Morgan fingerprint density at radius 2 is 1.61 bits per heavy atom. The summed E-state index contributed by atoms with van der Waals surface area (Å²) in [5.41, 5.74) is 2.50. The molecule has 1 aliphatic heterocycles. The minimum absolute atomic E-state index is 0.0322. The molecule has 41 heavy (non-hydrogen) atoms. The largest absolute Gasteiger partial charge is 0.493 e. The highest BCUT2D eigenvalue weighted by Crippen LogP contribution is 2.31. The topological polar surface area (TPSA) is 136 Å². The lowest BCUT2D eigenvalue weighted by Crippen LogP contribution is -2.46. The summed E-state index contributed by atoms with van der Waals surface area (Å²) < 4.78 is 33.9. The van der Waals surface area contributed by atoms with Crippen LogP contribution < -0.4 is 19.5 Å². The van der Waals surface area contributed by atoms with E-state index in [-0.39, 0.29) is 29.3 Å². The van der Waals surface area contributed by atoms with E-state index in [1.165, 1.54) is 37.3 Å². The molecule has 0 bridgehead atoms. The quantitative estimate of drug-likeness (QED) is 0.363. The molecule has 216 valence electrons. The fourth-order valence-corrected chi connectivity index (χ4v) is 5.28. The second-order valence-corrected chi connectivity index (χ2v) is 11.6. The van der Waals surface area contributed by atoms with Gasteiger partial charge >= 0.3 is 0 Å². The number of sulfonamides is 1. The molecular formula is C30H33N3O7S. The molecule has 10 nitrogen and oxygen atoms in total. The average Bonchev–Trinajstić information content (AvgIpc) is 3.25. The standard InChI is InChI=1S/C30H33N3O7S/c1-19(2)21-7-10-23(11-8-21)33-28(34)18-25(30(33)36)32(16-15-20-5-12-24(13-6-20)41(31,37)38)29(35)22-9-14-26(39-3)27(17-22)40-4/h5-14,17,19,25H,15-16,18H2,1-4H3,(H2,31,37,38). The molecule has 0 saturated carbocycles. The van der Waals surface area contributed by atoms with E-state index in [9.17, 15) is 22.8 Å². The Bertz CT molecular complexity index is 1550. The first-order chi connectivity index (χ1) is 19.4. The van der Waals surface area contributed by atoms with Gasteiger partial charge in [0.25, 0.3) is 11.8 Å². The second-order valence-electron chi connectivity index (χ2n) is 10.0. The van der Waals surface area contributed by atoms with Crippen molar-refractivity contribution in [3.05, 3.63) is 83.4 Å². The number of benzene rings is 3. The van der Waals surface area contributed by atoms with Gasteiger partial charge in [-0.3, -0.25) is 14.4 Å². The van der Waals surface area contributed by atoms with Gasteiger partial charge in [0, 0.05) is 12.1 Å². The summed E-state index contributed by atoms with van der Waals surface area (Å²) in [6.45, 7) is 4.19. The van der Waals surface area contributed by atoms with Crippen molar-refractivity contribution in [2.24, 2.45) is 5.14 Å². The van der Waals surface area contributed by atoms with Crippen molar-refractivity contribution in [2.75, 3.05) is 25.7 Å². The van der Waals surface area contributed by atoms with Gasteiger partial charge in [0.15, 0.2) is 11.5 Å². The molecule has 1 atom stereocenters. The zero-order chi connectivity index (χ0) is 29.9. The molecule has 0 aromatic heterocycles. The van der Waals surface area contributed by atoms with Gasteiger partial charge < -0.3 is 14.4 Å². The Labute approximate surface area is 239 Å². The van der Waals surface area contributed by atoms with Gasteiger partial charge in [-0.05, 0) is 65.9 Å². The molecule has 11 heteroatoms. The van der Waals surface area contributed by atoms with Crippen molar-refractivity contribution in [2.45, 2.75) is 43.5 Å². The molecule has 3 amide bonds. The molecule has 3 aromatic carbocycles.